The van der Waals surface area contributed by atoms with Crippen LogP contribution in [0, 0.1) is 0 Å². The average Bonchev–Trinajstić information content (AvgIpc) is 2.17. The smallest absolute Gasteiger partial charge is 0.323 e. The Balaban J connectivity index is 1.88. The van der Waals surface area contributed by atoms with Crippen LogP contribution in [-0.2, 0) is 9.53 Å². The third kappa shape index (κ3) is 1.78. The highest BCUT2D eigenvalue weighted by atomic mass is 16.5. The molecule has 1 unspecified atom stereocenters. The summed E-state index contributed by atoms with van der Waals surface area (Å²) >= 11 is 0. The van der Waals surface area contributed by atoms with E-state index in [0.29, 0.717) is 6.04 Å². The summed E-state index contributed by atoms with van der Waals surface area (Å²) in [6.45, 7) is 1.09. The van der Waals surface area contributed by atoms with Gasteiger partial charge in [0.25, 0.3) is 0 Å². The number of hydrogen-bond donors (Lipinski definition) is 0. The third-order valence-corrected chi connectivity index (χ3v) is 3.58. The van der Waals surface area contributed by atoms with Crippen LogP contribution in [0.3, 0.4) is 0 Å². The first-order chi connectivity index (χ1) is 6.83. The number of carbonyl (C=O) groups excluding carboxylic acids is 1. The van der Waals surface area contributed by atoms with Crippen LogP contribution in [0.1, 0.15) is 38.5 Å². The van der Waals surface area contributed by atoms with Crippen LogP contribution in [0.15, 0.2) is 0 Å². The van der Waals surface area contributed by atoms with Crippen LogP contribution in [-0.4, -0.2) is 36.6 Å². The molecule has 2 fully saturated rings. The number of esters is 1. The molecule has 0 radical (unpaired) electrons. The van der Waals surface area contributed by atoms with Gasteiger partial charge in [0.05, 0.1) is 7.11 Å². The first-order valence-corrected chi connectivity index (χ1v) is 5.66. The molecule has 3 nitrogen and oxygen atoms in total. The molecule has 0 amide bonds. The van der Waals surface area contributed by atoms with E-state index in [2.05, 4.69) is 4.90 Å². The van der Waals surface area contributed by atoms with Crippen LogP contribution in [0.2, 0.25) is 0 Å². The van der Waals surface area contributed by atoms with Gasteiger partial charge in [-0.05, 0) is 19.3 Å². The van der Waals surface area contributed by atoms with Gasteiger partial charge < -0.3 is 4.74 Å². The lowest BCUT2D eigenvalue weighted by atomic mass is 9.89. The highest BCUT2D eigenvalue weighted by molar-refractivity contribution is 5.76. The molecule has 1 aliphatic carbocycles. The van der Waals surface area contributed by atoms with E-state index in [-0.39, 0.29) is 12.0 Å². The first kappa shape index (κ1) is 9.97. The molecule has 1 saturated heterocycles. The van der Waals surface area contributed by atoms with Gasteiger partial charge in [0.1, 0.15) is 6.04 Å². The van der Waals surface area contributed by atoms with Crippen molar-refractivity contribution in [2.24, 2.45) is 0 Å². The van der Waals surface area contributed by atoms with Crippen molar-refractivity contribution >= 4 is 5.97 Å². The summed E-state index contributed by atoms with van der Waals surface area (Å²) in [5.74, 6) is -0.0400. The van der Waals surface area contributed by atoms with Crippen molar-refractivity contribution in [3.8, 4) is 0 Å². The fourth-order valence-electron chi connectivity index (χ4n) is 2.65. The Labute approximate surface area is 85.4 Å². The molecule has 0 spiro atoms. The van der Waals surface area contributed by atoms with Gasteiger partial charge in [-0.15, -0.1) is 0 Å². The zero-order chi connectivity index (χ0) is 9.97. The normalized spacial score (nSPS) is 29.6. The minimum atomic E-state index is -0.0400. The highest BCUT2D eigenvalue weighted by Gasteiger charge is 2.39. The number of likely N-dealkylation sites (tertiary alicyclic amines) is 1. The van der Waals surface area contributed by atoms with Crippen LogP contribution >= 0.6 is 0 Å². The molecule has 1 atom stereocenters. The molecule has 3 heteroatoms. The molecular weight excluding hydrogens is 178 g/mol. The van der Waals surface area contributed by atoms with Gasteiger partial charge in [-0.25, -0.2) is 0 Å². The minimum Gasteiger partial charge on any atom is -0.468 e. The summed E-state index contributed by atoms with van der Waals surface area (Å²) in [4.78, 5) is 13.7. The number of ether oxygens (including phenoxy) is 1. The van der Waals surface area contributed by atoms with Crippen LogP contribution in [0.5, 0.6) is 0 Å². The quantitative estimate of drug-likeness (QED) is 0.629. The molecule has 1 aliphatic heterocycles. The number of hydrogen-bond acceptors (Lipinski definition) is 3. The van der Waals surface area contributed by atoms with Crippen LogP contribution in [0.25, 0.3) is 0 Å². The predicted molar refractivity (Wildman–Crippen MR) is 54.0 cm³/mol. The van der Waals surface area contributed by atoms with Gasteiger partial charge in [-0.3, -0.25) is 9.69 Å². The van der Waals surface area contributed by atoms with Gasteiger partial charge in [-0.1, -0.05) is 19.3 Å². The van der Waals surface area contributed by atoms with Crippen molar-refractivity contribution in [2.75, 3.05) is 13.7 Å². The summed E-state index contributed by atoms with van der Waals surface area (Å²) in [6.07, 6.45) is 7.56. The molecule has 2 rings (SSSR count). The van der Waals surface area contributed by atoms with E-state index >= 15 is 0 Å². The summed E-state index contributed by atoms with van der Waals surface area (Å²) in [5, 5.41) is 0. The number of methoxy groups -OCH3 is 1. The Bertz CT molecular complexity index is 211. The second kappa shape index (κ2) is 4.30. The zero-order valence-corrected chi connectivity index (χ0v) is 8.87. The maximum atomic E-state index is 11.4. The average molecular weight is 197 g/mol. The molecule has 0 N–H and O–H groups in total. The zero-order valence-electron chi connectivity index (χ0n) is 8.87. The molecule has 80 valence electrons. The van der Waals surface area contributed by atoms with E-state index in [1.165, 1.54) is 39.2 Å². The molecule has 0 bridgehead atoms. The number of nitrogens with zero attached hydrogens (tertiary/aromatic N) is 1. The second-order valence-electron chi connectivity index (χ2n) is 4.36. The van der Waals surface area contributed by atoms with E-state index in [1.54, 1.807) is 0 Å². The summed E-state index contributed by atoms with van der Waals surface area (Å²) in [5.41, 5.74) is 0. The summed E-state index contributed by atoms with van der Waals surface area (Å²) in [7, 11) is 1.49. The lowest BCUT2D eigenvalue weighted by molar-refractivity contribution is -0.154. The fourth-order valence-corrected chi connectivity index (χ4v) is 2.65. The highest BCUT2D eigenvalue weighted by Crippen LogP contribution is 2.30. The van der Waals surface area contributed by atoms with Gasteiger partial charge in [-0.2, -0.15) is 0 Å². The fraction of sp³-hybridized carbons (Fsp3) is 0.909. The van der Waals surface area contributed by atoms with Gasteiger partial charge >= 0.3 is 5.97 Å². The van der Waals surface area contributed by atoms with E-state index in [0.717, 1.165) is 13.0 Å². The number of rotatable bonds is 2. The molecular formula is C11H19NO2. The SMILES string of the molecule is COC(=O)C1CCN1C1CCCCC1. The van der Waals surface area contributed by atoms with Crippen LogP contribution in [0.4, 0.5) is 0 Å². The Morgan fingerprint density at radius 3 is 2.43 bits per heavy atom. The third-order valence-electron chi connectivity index (χ3n) is 3.58. The van der Waals surface area contributed by atoms with Crippen molar-refractivity contribution in [1.29, 1.82) is 0 Å². The van der Waals surface area contributed by atoms with Gasteiger partial charge in [0, 0.05) is 12.6 Å². The van der Waals surface area contributed by atoms with Crippen molar-refractivity contribution in [3.63, 3.8) is 0 Å². The molecule has 1 saturated carbocycles. The molecule has 0 aromatic rings. The van der Waals surface area contributed by atoms with E-state index in [4.69, 9.17) is 4.74 Å². The topological polar surface area (TPSA) is 29.5 Å². The maximum absolute atomic E-state index is 11.4. The maximum Gasteiger partial charge on any atom is 0.323 e. The summed E-state index contributed by atoms with van der Waals surface area (Å²) < 4.78 is 4.79. The molecule has 2 aliphatic rings. The standard InChI is InChI=1S/C11H19NO2/c1-14-11(13)10-7-8-12(10)9-5-3-2-4-6-9/h9-10H,2-8H2,1H3. The summed E-state index contributed by atoms with van der Waals surface area (Å²) in [6, 6.07) is 0.727. The first-order valence-electron chi connectivity index (χ1n) is 5.66. The monoisotopic (exact) mass is 197 g/mol. The molecule has 0 aromatic heterocycles. The minimum absolute atomic E-state index is 0.0400. The Morgan fingerprint density at radius 2 is 1.93 bits per heavy atom. The number of carbonyl (C=O) groups is 1. The van der Waals surface area contributed by atoms with Crippen molar-refractivity contribution < 1.29 is 9.53 Å². The lowest BCUT2D eigenvalue weighted by Gasteiger charge is -2.45. The van der Waals surface area contributed by atoms with E-state index in [1.807, 2.05) is 0 Å². The van der Waals surface area contributed by atoms with E-state index < -0.39 is 0 Å². The second-order valence-corrected chi connectivity index (χ2v) is 4.36. The van der Waals surface area contributed by atoms with Crippen molar-refractivity contribution in [1.82, 2.24) is 4.90 Å². The van der Waals surface area contributed by atoms with Crippen molar-refractivity contribution in [3.05, 3.63) is 0 Å². The van der Waals surface area contributed by atoms with Crippen LogP contribution < -0.4 is 0 Å². The largest absolute Gasteiger partial charge is 0.468 e. The lowest BCUT2D eigenvalue weighted by Crippen LogP contribution is -2.57. The predicted octanol–water partition coefficient (Wildman–Crippen LogP) is 1.57. The Morgan fingerprint density at radius 1 is 1.21 bits per heavy atom. The Kier molecular flexibility index (Phi) is 3.06. The van der Waals surface area contributed by atoms with E-state index in [9.17, 15) is 4.79 Å². The molecule has 14 heavy (non-hydrogen) atoms. The van der Waals surface area contributed by atoms with Gasteiger partial charge in [0.2, 0.25) is 0 Å². The van der Waals surface area contributed by atoms with Gasteiger partial charge in [0.15, 0.2) is 0 Å². The van der Waals surface area contributed by atoms with Crippen molar-refractivity contribution in [2.45, 2.75) is 50.6 Å². The molecule has 0 aromatic carbocycles. The Hall–Kier alpha value is -0.570. The molecule has 1 heterocycles.